The topological polar surface area (TPSA) is 24.9 Å². The van der Waals surface area contributed by atoms with Crippen molar-refractivity contribution in [1.82, 2.24) is 10.3 Å². The van der Waals surface area contributed by atoms with Crippen molar-refractivity contribution in [1.29, 1.82) is 0 Å². The number of hydrogen-bond acceptors (Lipinski definition) is 3. The highest BCUT2D eigenvalue weighted by atomic mass is 32.2. The van der Waals surface area contributed by atoms with Gasteiger partial charge < -0.3 is 5.32 Å². The van der Waals surface area contributed by atoms with Crippen LogP contribution in [0.5, 0.6) is 0 Å². The van der Waals surface area contributed by atoms with Gasteiger partial charge in [0.05, 0.1) is 0 Å². The van der Waals surface area contributed by atoms with E-state index in [-0.39, 0.29) is 0 Å². The fourth-order valence-electron chi connectivity index (χ4n) is 2.58. The second-order valence-electron chi connectivity index (χ2n) is 5.15. The summed E-state index contributed by atoms with van der Waals surface area (Å²) in [7, 11) is 0. The van der Waals surface area contributed by atoms with Crippen LogP contribution in [0.1, 0.15) is 49.8 Å². The second kappa shape index (κ2) is 7.15. The standard InChI is InChI=1S/C15H24N2S/c1-3-17-15(11-18-14-6-4-5-7-14)13-8-12(2)9-16-10-13/h8-10,14-15,17H,3-7,11H2,1-2H3. The first-order valence-corrected chi connectivity index (χ1v) is 8.11. The van der Waals surface area contributed by atoms with Crippen LogP contribution >= 0.6 is 11.8 Å². The predicted molar refractivity (Wildman–Crippen MR) is 80.1 cm³/mol. The number of nitrogens with zero attached hydrogens (tertiary/aromatic N) is 1. The van der Waals surface area contributed by atoms with Gasteiger partial charge in [0.25, 0.3) is 0 Å². The zero-order chi connectivity index (χ0) is 12.8. The molecule has 1 unspecified atom stereocenters. The normalized spacial score (nSPS) is 18.1. The Morgan fingerprint density at radius 2 is 2.17 bits per heavy atom. The Bertz CT molecular complexity index is 361. The molecule has 1 heterocycles. The first kappa shape index (κ1) is 13.9. The van der Waals surface area contributed by atoms with Crippen LogP contribution in [0, 0.1) is 6.92 Å². The number of thioether (sulfide) groups is 1. The molecule has 2 nitrogen and oxygen atoms in total. The van der Waals surface area contributed by atoms with Crippen LogP contribution in [-0.4, -0.2) is 22.5 Å². The van der Waals surface area contributed by atoms with E-state index < -0.39 is 0 Å². The fourth-order valence-corrected chi connectivity index (χ4v) is 4.02. The summed E-state index contributed by atoms with van der Waals surface area (Å²) >= 11 is 2.14. The lowest BCUT2D eigenvalue weighted by molar-refractivity contribution is 0.602. The zero-order valence-electron chi connectivity index (χ0n) is 11.5. The maximum atomic E-state index is 4.32. The molecule has 0 bridgehead atoms. The minimum Gasteiger partial charge on any atom is -0.309 e. The van der Waals surface area contributed by atoms with Crippen molar-refractivity contribution in [3.05, 3.63) is 29.6 Å². The molecule has 1 aromatic heterocycles. The first-order valence-electron chi connectivity index (χ1n) is 7.06. The van der Waals surface area contributed by atoms with Gasteiger partial charge in [0.2, 0.25) is 0 Å². The molecule has 0 saturated heterocycles. The van der Waals surface area contributed by atoms with Gasteiger partial charge in [0, 0.05) is 29.4 Å². The Balaban J connectivity index is 1.94. The van der Waals surface area contributed by atoms with Gasteiger partial charge in [-0.25, -0.2) is 0 Å². The number of rotatable bonds is 6. The summed E-state index contributed by atoms with van der Waals surface area (Å²) in [6, 6.07) is 2.71. The average molecular weight is 264 g/mol. The van der Waals surface area contributed by atoms with Crippen molar-refractivity contribution in [3.8, 4) is 0 Å². The monoisotopic (exact) mass is 264 g/mol. The number of pyridine rings is 1. The maximum Gasteiger partial charge on any atom is 0.0427 e. The third-order valence-corrected chi connectivity index (χ3v) is 5.02. The molecular formula is C15H24N2S. The van der Waals surface area contributed by atoms with Gasteiger partial charge in [-0.2, -0.15) is 11.8 Å². The quantitative estimate of drug-likeness (QED) is 0.847. The van der Waals surface area contributed by atoms with E-state index in [2.05, 4.69) is 42.0 Å². The van der Waals surface area contributed by atoms with Gasteiger partial charge in [-0.05, 0) is 37.4 Å². The third-order valence-electron chi connectivity index (χ3n) is 3.55. The minimum absolute atomic E-state index is 0.452. The van der Waals surface area contributed by atoms with Crippen molar-refractivity contribution in [2.45, 2.75) is 50.8 Å². The Kier molecular flexibility index (Phi) is 5.51. The van der Waals surface area contributed by atoms with Crippen molar-refractivity contribution in [2.75, 3.05) is 12.3 Å². The van der Waals surface area contributed by atoms with Gasteiger partial charge in [-0.3, -0.25) is 4.98 Å². The van der Waals surface area contributed by atoms with Crippen LogP contribution in [0.2, 0.25) is 0 Å². The molecule has 1 fully saturated rings. The number of aromatic nitrogens is 1. The molecule has 18 heavy (non-hydrogen) atoms. The van der Waals surface area contributed by atoms with Gasteiger partial charge in [0.1, 0.15) is 0 Å². The molecule has 1 aliphatic carbocycles. The second-order valence-corrected chi connectivity index (χ2v) is 6.48. The predicted octanol–water partition coefficient (Wildman–Crippen LogP) is 3.72. The summed E-state index contributed by atoms with van der Waals surface area (Å²) in [5.41, 5.74) is 2.59. The molecule has 0 aliphatic heterocycles. The Morgan fingerprint density at radius 3 is 2.83 bits per heavy atom. The summed E-state index contributed by atoms with van der Waals surface area (Å²) in [6.45, 7) is 5.31. The van der Waals surface area contributed by atoms with Crippen LogP contribution in [-0.2, 0) is 0 Å². The smallest absolute Gasteiger partial charge is 0.0427 e. The lowest BCUT2D eigenvalue weighted by Crippen LogP contribution is -2.24. The Morgan fingerprint density at radius 1 is 1.39 bits per heavy atom. The Hall–Kier alpha value is -0.540. The highest BCUT2D eigenvalue weighted by Crippen LogP contribution is 2.32. The largest absolute Gasteiger partial charge is 0.309 e. The molecular weight excluding hydrogens is 240 g/mol. The van der Waals surface area contributed by atoms with E-state index in [1.807, 2.05) is 12.4 Å². The fraction of sp³-hybridized carbons (Fsp3) is 0.667. The van der Waals surface area contributed by atoms with E-state index >= 15 is 0 Å². The first-order chi connectivity index (χ1) is 8.79. The molecule has 0 amide bonds. The van der Waals surface area contributed by atoms with Crippen LogP contribution in [0.25, 0.3) is 0 Å². The molecule has 2 rings (SSSR count). The number of aryl methyl sites for hydroxylation is 1. The summed E-state index contributed by atoms with van der Waals surface area (Å²) in [6.07, 6.45) is 9.61. The SMILES string of the molecule is CCNC(CSC1CCCC1)c1cncc(C)c1. The highest BCUT2D eigenvalue weighted by Gasteiger charge is 2.18. The Labute approximate surface area is 115 Å². The molecule has 1 atom stereocenters. The molecule has 1 N–H and O–H groups in total. The molecule has 3 heteroatoms. The van der Waals surface area contributed by atoms with E-state index in [9.17, 15) is 0 Å². The van der Waals surface area contributed by atoms with E-state index in [1.54, 1.807) is 0 Å². The molecule has 1 saturated carbocycles. The van der Waals surface area contributed by atoms with Gasteiger partial charge in [-0.1, -0.05) is 25.8 Å². The van der Waals surface area contributed by atoms with Crippen LogP contribution in [0.4, 0.5) is 0 Å². The van der Waals surface area contributed by atoms with E-state index in [1.165, 1.54) is 42.6 Å². The molecule has 0 radical (unpaired) electrons. The number of nitrogens with one attached hydrogen (secondary N) is 1. The molecule has 0 aromatic carbocycles. The maximum absolute atomic E-state index is 4.32. The summed E-state index contributed by atoms with van der Waals surface area (Å²) in [5.74, 6) is 1.17. The molecule has 1 aromatic rings. The molecule has 0 spiro atoms. The lowest BCUT2D eigenvalue weighted by atomic mass is 10.1. The molecule has 1 aliphatic rings. The van der Waals surface area contributed by atoms with Crippen molar-refractivity contribution >= 4 is 11.8 Å². The minimum atomic E-state index is 0.452. The third kappa shape index (κ3) is 3.99. The van der Waals surface area contributed by atoms with Crippen molar-refractivity contribution in [3.63, 3.8) is 0 Å². The van der Waals surface area contributed by atoms with Crippen LogP contribution in [0.15, 0.2) is 18.5 Å². The van der Waals surface area contributed by atoms with Crippen molar-refractivity contribution in [2.24, 2.45) is 0 Å². The summed E-state index contributed by atoms with van der Waals surface area (Å²) in [5, 5.41) is 4.48. The van der Waals surface area contributed by atoms with Gasteiger partial charge in [-0.15, -0.1) is 0 Å². The van der Waals surface area contributed by atoms with E-state index in [0.717, 1.165) is 11.8 Å². The van der Waals surface area contributed by atoms with E-state index in [0.29, 0.717) is 6.04 Å². The lowest BCUT2D eigenvalue weighted by Gasteiger charge is -2.20. The van der Waals surface area contributed by atoms with Gasteiger partial charge >= 0.3 is 0 Å². The average Bonchev–Trinajstić information content (AvgIpc) is 2.87. The summed E-state index contributed by atoms with van der Waals surface area (Å²) < 4.78 is 0. The van der Waals surface area contributed by atoms with E-state index in [4.69, 9.17) is 0 Å². The van der Waals surface area contributed by atoms with Crippen molar-refractivity contribution < 1.29 is 0 Å². The van der Waals surface area contributed by atoms with Gasteiger partial charge in [0.15, 0.2) is 0 Å². The van der Waals surface area contributed by atoms with Crippen LogP contribution < -0.4 is 5.32 Å². The van der Waals surface area contributed by atoms with Crippen LogP contribution in [0.3, 0.4) is 0 Å². The number of hydrogen-bond donors (Lipinski definition) is 1. The molecule has 100 valence electrons. The zero-order valence-corrected chi connectivity index (χ0v) is 12.3. The summed E-state index contributed by atoms with van der Waals surface area (Å²) in [4.78, 5) is 4.32. The highest BCUT2D eigenvalue weighted by molar-refractivity contribution is 7.99.